The van der Waals surface area contributed by atoms with Gasteiger partial charge in [-0.15, -0.1) is 0 Å². The normalized spacial score (nSPS) is 13.3. The standard InChI is InChI=1S/C19H16N2O6/c1-9(22)14(19(26)27-2)17(23)10-5-3-7-12-15(10)20-13-8-4-6-11(18(24)25)16(13)21-12/h3-8,14,17,23H,1-2H3,(H,24,25). The highest BCUT2D eigenvalue weighted by atomic mass is 16.5. The summed E-state index contributed by atoms with van der Waals surface area (Å²) in [6.45, 7) is 1.19. The van der Waals surface area contributed by atoms with E-state index in [1.807, 2.05) is 0 Å². The van der Waals surface area contributed by atoms with Gasteiger partial charge in [-0.1, -0.05) is 18.2 Å². The number of methoxy groups -OCH3 is 1. The van der Waals surface area contributed by atoms with Crippen molar-refractivity contribution < 1.29 is 29.3 Å². The van der Waals surface area contributed by atoms with Crippen LogP contribution in [-0.2, 0) is 14.3 Å². The third kappa shape index (κ3) is 3.22. The summed E-state index contributed by atoms with van der Waals surface area (Å²) in [6.07, 6.45) is -1.48. The van der Waals surface area contributed by atoms with E-state index in [9.17, 15) is 24.6 Å². The first kappa shape index (κ1) is 18.4. The second-order valence-corrected chi connectivity index (χ2v) is 5.97. The molecule has 0 aliphatic rings. The summed E-state index contributed by atoms with van der Waals surface area (Å²) in [4.78, 5) is 44.0. The molecule has 2 atom stereocenters. The Bertz CT molecular complexity index is 1080. The van der Waals surface area contributed by atoms with Gasteiger partial charge in [0.2, 0.25) is 0 Å². The van der Waals surface area contributed by atoms with Crippen LogP contribution in [0.15, 0.2) is 36.4 Å². The van der Waals surface area contributed by atoms with Crippen LogP contribution >= 0.6 is 0 Å². The number of hydrogen-bond donors (Lipinski definition) is 2. The number of aromatic nitrogens is 2. The van der Waals surface area contributed by atoms with Crippen LogP contribution in [0.3, 0.4) is 0 Å². The number of carboxylic acids is 1. The van der Waals surface area contributed by atoms with Gasteiger partial charge in [-0.3, -0.25) is 9.59 Å². The van der Waals surface area contributed by atoms with Crippen LogP contribution in [0.5, 0.6) is 0 Å². The number of esters is 1. The van der Waals surface area contributed by atoms with E-state index in [4.69, 9.17) is 0 Å². The fourth-order valence-corrected chi connectivity index (χ4v) is 2.98. The second-order valence-electron chi connectivity index (χ2n) is 5.97. The molecule has 0 bridgehead atoms. The number of aliphatic hydroxyl groups excluding tert-OH is 1. The predicted molar refractivity (Wildman–Crippen MR) is 95.2 cm³/mol. The van der Waals surface area contributed by atoms with E-state index in [1.165, 1.54) is 25.1 Å². The Labute approximate surface area is 153 Å². The molecular weight excluding hydrogens is 352 g/mol. The lowest BCUT2D eigenvalue weighted by Gasteiger charge is -2.19. The maximum atomic E-state index is 11.9. The van der Waals surface area contributed by atoms with Crippen LogP contribution in [0, 0.1) is 5.92 Å². The van der Waals surface area contributed by atoms with Crippen molar-refractivity contribution in [2.75, 3.05) is 7.11 Å². The molecule has 0 radical (unpaired) electrons. The van der Waals surface area contributed by atoms with Crippen molar-refractivity contribution in [3.63, 3.8) is 0 Å². The van der Waals surface area contributed by atoms with Crippen molar-refractivity contribution in [3.05, 3.63) is 47.5 Å². The van der Waals surface area contributed by atoms with E-state index < -0.39 is 29.7 Å². The Hall–Kier alpha value is -3.39. The summed E-state index contributed by atoms with van der Waals surface area (Å²) in [6, 6.07) is 9.29. The first-order valence-corrected chi connectivity index (χ1v) is 8.04. The topological polar surface area (TPSA) is 127 Å². The molecule has 0 amide bonds. The van der Waals surface area contributed by atoms with E-state index in [1.54, 1.807) is 18.2 Å². The van der Waals surface area contributed by atoms with E-state index >= 15 is 0 Å². The largest absolute Gasteiger partial charge is 0.478 e. The lowest BCUT2D eigenvalue weighted by Crippen LogP contribution is -2.30. The van der Waals surface area contributed by atoms with Crippen molar-refractivity contribution in [1.82, 2.24) is 9.97 Å². The Morgan fingerprint density at radius 1 is 1.00 bits per heavy atom. The molecule has 0 saturated carbocycles. The SMILES string of the molecule is COC(=O)C(C(C)=O)C(O)c1cccc2nc3c(C(=O)O)cccc3nc12. The van der Waals surface area contributed by atoms with Gasteiger partial charge in [-0.2, -0.15) is 0 Å². The average molecular weight is 368 g/mol. The zero-order chi connectivity index (χ0) is 19.7. The lowest BCUT2D eigenvalue weighted by atomic mass is 9.91. The smallest absolute Gasteiger partial charge is 0.337 e. The fraction of sp³-hybridized carbons (Fsp3) is 0.211. The second kappa shape index (κ2) is 7.08. The van der Waals surface area contributed by atoms with Crippen molar-refractivity contribution in [1.29, 1.82) is 0 Å². The maximum Gasteiger partial charge on any atom is 0.337 e. The monoisotopic (exact) mass is 368 g/mol. The predicted octanol–water partition coefficient (Wildman–Crippen LogP) is 1.89. The van der Waals surface area contributed by atoms with Crippen LogP contribution in [0.2, 0.25) is 0 Å². The number of rotatable bonds is 5. The molecule has 8 nitrogen and oxygen atoms in total. The Kier molecular flexibility index (Phi) is 4.83. The van der Waals surface area contributed by atoms with Crippen LogP contribution in [-0.4, -0.2) is 45.0 Å². The Morgan fingerprint density at radius 3 is 2.19 bits per heavy atom. The third-order valence-electron chi connectivity index (χ3n) is 4.28. The molecule has 0 aliphatic heterocycles. The highest BCUT2D eigenvalue weighted by Crippen LogP contribution is 2.30. The molecule has 3 aromatic rings. The Balaban J connectivity index is 2.24. The summed E-state index contributed by atoms with van der Waals surface area (Å²) in [5.74, 6) is -3.93. The highest BCUT2D eigenvalue weighted by Gasteiger charge is 2.34. The molecule has 0 saturated heterocycles. The molecule has 1 heterocycles. The van der Waals surface area contributed by atoms with Crippen molar-refractivity contribution >= 4 is 39.8 Å². The van der Waals surface area contributed by atoms with E-state index in [0.29, 0.717) is 11.0 Å². The van der Waals surface area contributed by atoms with E-state index in [2.05, 4.69) is 14.7 Å². The van der Waals surface area contributed by atoms with Gasteiger partial charge >= 0.3 is 11.9 Å². The van der Waals surface area contributed by atoms with Gasteiger partial charge in [-0.05, 0) is 25.1 Å². The number of aliphatic hydroxyl groups is 1. The van der Waals surface area contributed by atoms with Gasteiger partial charge in [0.05, 0.1) is 29.2 Å². The van der Waals surface area contributed by atoms with Crippen LogP contribution < -0.4 is 0 Å². The van der Waals surface area contributed by atoms with E-state index in [-0.39, 0.29) is 22.2 Å². The molecule has 3 rings (SSSR count). The molecular formula is C19H16N2O6. The molecule has 1 aromatic heterocycles. The number of nitrogens with zero attached hydrogens (tertiary/aromatic N) is 2. The fourth-order valence-electron chi connectivity index (χ4n) is 2.98. The number of ether oxygens (including phenoxy) is 1. The highest BCUT2D eigenvalue weighted by molar-refractivity contribution is 6.03. The van der Waals surface area contributed by atoms with Crippen molar-refractivity contribution in [3.8, 4) is 0 Å². The van der Waals surface area contributed by atoms with E-state index in [0.717, 1.165) is 7.11 Å². The number of Topliss-reactive ketones (excluding diaryl/α,β-unsaturated/α-hetero) is 1. The first-order chi connectivity index (χ1) is 12.8. The van der Waals surface area contributed by atoms with Crippen LogP contribution in [0.1, 0.15) is 28.9 Å². The number of para-hydroxylation sites is 2. The quantitative estimate of drug-likeness (QED) is 0.397. The third-order valence-corrected chi connectivity index (χ3v) is 4.28. The molecule has 8 heteroatoms. The average Bonchev–Trinajstić information content (AvgIpc) is 2.64. The molecule has 2 N–H and O–H groups in total. The van der Waals surface area contributed by atoms with Gasteiger partial charge in [0, 0.05) is 5.56 Å². The van der Waals surface area contributed by atoms with Gasteiger partial charge < -0.3 is 14.9 Å². The summed E-state index contributed by atoms with van der Waals surface area (Å²) < 4.78 is 4.62. The molecule has 0 fully saturated rings. The van der Waals surface area contributed by atoms with Gasteiger partial charge in [-0.25, -0.2) is 14.8 Å². The molecule has 0 aliphatic carbocycles. The summed E-state index contributed by atoms with van der Waals surface area (Å²) in [7, 11) is 1.13. The number of hydrogen-bond acceptors (Lipinski definition) is 7. The number of carbonyl (C=O) groups is 3. The Morgan fingerprint density at radius 2 is 1.59 bits per heavy atom. The minimum absolute atomic E-state index is 0.00373. The van der Waals surface area contributed by atoms with Gasteiger partial charge in [0.25, 0.3) is 0 Å². The minimum Gasteiger partial charge on any atom is -0.478 e. The number of carbonyl (C=O) groups excluding carboxylic acids is 2. The van der Waals surface area contributed by atoms with Crippen LogP contribution in [0.25, 0.3) is 22.1 Å². The number of aromatic carboxylic acids is 1. The summed E-state index contributed by atoms with van der Waals surface area (Å²) in [5.41, 5.74) is 1.37. The number of carboxylic acid groups (broad SMARTS) is 1. The maximum absolute atomic E-state index is 11.9. The van der Waals surface area contributed by atoms with Crippen LogP contribution in [0.4, 0.5) is 0 Å². The number of ketones is 1. The van der Waals surface area contributed by atoms with Gasteiger partial charge in [0.1, 0.15) is 23.3 Å². The zero-order valence-electron chi connectivity index (χ0n) is 14.5. The summed E-state index contributed by atoms with van der Waals surface area (Å²) >= 11 is 0. The first-order valence-electron chi connectivity index (χ1n) is 8.04. The molecule has 2 aromatic carbocycles. The lowest BCUT2D eigenvalue weighted by molar-refractivity contribution is -0.153. The molecule has 0 spiro atoms. The minimum atomic E-state index is -1.48. The van der Waals surface area contributed by atoms with Gasteiger partial charge in [0.15, 0.2) is 0 Å². The number of benzene rings is 2. The zero-order valence-corrected chi connectivity index (χ0v) is 14.5. The molecule has 2 unspecified atom stereocenters. The summed E-state index contributed by atoms with van der Waals surface area (Å²) in [5, 5.41) is 20.0. The van der Waals surface area contributed by atoms with Crippen molar-refractivity contribution in [2.24, 2.45) is 5.92 Å². The number of fused-ring (bicyclic) bond motifs is 2. The van der Waals surface area contributed by atoms with Crippen molar-refractivity contribution in [2.45, 2.75) is 13.0 Å². The molecule has 138 valence electrons. The molecule has 27 heavy (non-hydrogen) atoms.